The molecule has 4 nitrogen and oxygen atoms in total. The molecule has 2 fully saturated rings. The van der Waals surface area contributed by atoms with E-state index in [1.54, 1.807) is 19.1 Å². The van der Waals surface area contributed by atoms with Crippen LogP contribution in [0.4, 0.5) is 10.1 Å². The summed E-state index contributed by atoms with van der Waals surface area (Å²) in [5.74, 6) is -0.701. The van der Waals surface area contributed by atoms with Gasteiger partial charge in [-0.2, -0.15) is 0 Å². The Labute approximate surface area is 130 Å². The number of rotatable bonds is 2. The highest BCUT2D eigenvalue weighted by atomic mass is 79.9. The molecule has 1 atom stereocenters. The zero-order valence-electron chi connectivity index (χ0n) is 11.7. The highest BCUT2D eigenvalue weighted by Gasteiger charge is 2.51. The predicted octanol–water partition coefficient (Wildman–Crippen LogP) is 2.61. The maximum atomic E-state index is 14.2. The summed E-state index contributed by atoms with van der Waals surface area (Å²) in [4.78, 5) is 26.2. The molecule has 6 heteroatoms. The number of carbonyl (C=O) groups is 2. The summed E-state index contributed by atoms with van der Waals surface area (Å²) in [7, 11) is 0. The Bertz CT molecular complexity index is 618. The highest BCUT2D eigenvalue weighted by Crippen LogP contribution is 2.42. The SMILES string of the molecule is CC1(C2CC2)NC(=O)CCN(c2ccc(Br)cc2F)C1=O. The molecule has 1 saturated carbocycles. The van der Waals surface area contributed by atoms with Crippen molar-refractivity contribution in [3.8, 4) is 0 Å². The topological polar surface area (TPSA) is 49.4 Å². The lowest BCUT2D eigenvalue weighted by Gasteiger charge is -2.32. The van der Waals surface area contributed by atoms with Gasteiger partial charge in [0.15, 0.2) is 0 Å². The van der Waals surface area contributed by atoms with Gasteiger partial charge in [-0.3, -0.25) is 9.59 Å². The molecule has 0 bridgehead atoms. The molecular formula is C15H16BrFN2O2. The number of nitrogens with one attached hydrogen (secondary N) is 1. The Kier molecular flexibility index (Phi) is 3.51. The van der Waals surface area contributed by atoms with E-state index in [9.17, 15) is 14.0 Å². The first-order chi connectivity index (χ1) is 9.91. The molecule has 1 aliphatic carbocycles. The van der Waals surface area contributed by atoms with E-state index < -0.39 is 11.4 Å². The second-order valence-electron chi connectivity index (χ2n) is 5.83. The van der Waals surface area contributed by atoms with Crippen molar-refractivity contribution in [3.05, 3.63) is 28.5 Å². The number of halogens is 2. The monoisotopic (exact) mass is 354 g/mol. The zero-order chi connectivity index (χ0) is 15.2. The third-order valence-electron chi connectivity index (χ3n) is 4.25. The fourth-order valence-electron chi connectivity index (χ4n) is 2.87. The zero-order valence-corrected chi connectivity index (χ0v) is 13.2. The summed E-state index contributed by atoms with van der Waals surface area (Å²) >= 11 is 3.21. The van der Waals surface area contributed by atoms with Gasteiger partial charge in [-0.05, 0) is 43.9 Å². The molecule has 112 valence electrons. The predicted molar refractivity (Wildman–Crippen MR) is 80.3 cm³/mol. The van der Waals surface area contributed by atoms with E-state index in [-0.39, 0.29) is 36.4 Å². The molecule has 1 aromatic rings. The standard InChI is InChI=1S/C15H16BrFN2O2/c1-15(9-2-3-9)14(21)19(7-6-13(20)18-15)12-5-4-10(16)8-11(12)17/h4-5,8-9H,2-3,6-7H2,1H3,(H,18,20). The Balaban J connectivity index is 2.00. The number of hydrogen-bond donors (Lipinski definition) is 1. The van der Waals surface area contributed by atoms with Crippen LogP contribution in [0.2, 0.25) is 0 Å². The fourth-order valence-corrected chi connectivity index (χ4v) is 3.20. The van der Waals surface area contributed by atoms with E-state index in [4.69, 9.17) is 0 Å². The van der Waals surface area contributed by atoms with Gasteiger partial charge in [-0.25, -0.2) is 4.39 Å². The molecule has 1 N–H and O–H groups in total. The molecular weight excluding hydrogens is 339 g/mol. The lowest BCUT2D eigenvalue weighted by molar-refractivity contribution is -0.130. The van der Waals surface area contributed by atoms with E-state index >= 15 is 0 Å². The van der Waals surface area contributed by atoms with Crippen molar-refractivity contribution in [3.63, 3.8) is 0 Å². The van der Waals surface area contributed by atoms with Gasteiger partial charge in [0.1, 0.15) is 11.4 Å². The number of carbonyl (C=O) groups excluding carboxylic acids is 2. The minimum Gasteiger partial charge on any atom is -0.342 e. The average Bonchev–Trinajstić information content (AvgIpc) is 3.24. The molecule has 2 aliphatic rings. The molecule has 1 saturated heterocycles. The molecule has 21 heavy (non-hydrogen) atoms. The fraction of sp³-hybridized carbons (Fsp3) is 0.467. The maximum absolute atomic E-state index is 14.2. The van der Waals surface area contributed by atoms with Crippen LogP contribution >= 0.6 is 15.9 Å². The summed E-state index contributed by atoms with van der Waals surface area (Å²) in [6, 6.07) is 4.60. The molecule has 1 unspecified atom stereocenters. The van der Waals surface area contributed by atoms with Gasteiger partial charge in [0.05, 0.1) is 5.69 Å². The van der Waals surface area contributed by atoms with E-state index in [1.165, 1.54) is 11.0 Å². The largest absolute Gasteiger partial charge is 0.342 e. The van der Waals surface area contributed by atoms with Crippen molar-refractivity contribution in [2.45, 2.75) is 31.7 Å². The van der Waals surface area contributed by atoms with E-state index in [1.807, 2.05) is 0 Å². The van der Waals surface area contributed by atoms with Crippen LogP contribution in [0.25, 0.3) is 0 Å². The van der Waals surface area contributed by atoms with Crippen LogP contribution < -0.4 is 10.2 Å². The van der Waals surface area contributed by atoms with Gasteiger partial charge in [0, 0.05) is 17.4 Å². The molecule has 3 rings (SSSR count). The number of anilines is 1. The van der Waals surface area contributed by atoms with Crippen LogP contribution in [-0.2, 0) is 9.59 Å². The molecule has 1 aliphatic heterocycles. The minimum absolute atomic E-state index is 0.146. The van der Waals surface area contributed by atoms with Crippen molar-refractivity contribution >= 4 is 33.4 Å². The first-order valence-corrected chi connectivity index (χ1v) is 7.79. The average molecular weight is 355 g/mol. The van der Waals surface area contributed by atoms with Crippen LogP contribution in [-0.4, -0.2) is 23.9 Å². The summed E-state index contributed by atoms with van der Waals surface area (Å²) in [5, 5.41) is 2.84. The third-order valence-corrected chi connectivity index (χ3v) is 4.74. The van der Waals surface area contributed by atoms with Crippen LogP contribution in [0.1, 0.15) is 26.2 Å². The molecule has 1 aromatic carbocycles. The Morgan fingerprint density at radius 3 is 2.71 bits per heavy atom. The number of amides is 2. The van der Waals surface area contributed by atoms with Gasteiger partial charge in [0.2, 0.25) is 5.91 Å². The van der Waals surface area contributed by atoms with Crippen molar-refractivity contribution in [2.24, 2.45) is 5.92 Å². The van der Waals surface area contributed by atoms with Crippen LogP contribution in [0.3, 0.4) is 0 Å². The van der Waals surface area contributed by atoms with E-state index in [0.717, 1.165) is 12.8 Å². The maximum Gasteiger partial charge on any atom is 0.252 e. The van der Waals surface area contributed by atoms with Crippen LogP contribution in [0.5, 0.6) is 0 Å². The van der Waals surface area contributed by atoms with Gasteiger partial charge >= 0.3 is 0 Å². The Hall–Kier alpha value is -1.43. The smallest absolute Gasteiger partial charge is 0.252 e. The lowest BCUT2D eigenvalue weighted by Crippen LogP contribution is -2.57. The molecule has 0 spiro atoms. The van der Waals surface area contributed by atoms with E-state index in [0.29, 0.717) is 4.47 Å². The minimum atomic E-state index is -0.924. The second-order valence-corrected chi connectivity index (χ2v) is 6.74. The molecule has 2 amide bonds. The molecule has 0 aromatic heterocycles. The molecule has 1 heterocycles. The third kappa shape index (κ3) is 2.57. The van der Waals surface area contributed by atoms with Crippen LogP contribution in [0.15, 0.2) is 22.7 Å². The molecule has 0 radical (unpaired) electrons. The Morgan fingerprint density at radius 1 is 1.38 bits per heavy atom. The van der Waals surface area contributed by atoms with Gasteiger partial charge in [-0.1, -0.05) is 15.9 Å². The van der Waals surface area contributed by atoms with Crippen molar-refractivity contribution in [1.29, 1.82) is 0 Å². The summed E-state index contributed by atoms with van der Waals surface area (Å²) < 4.78 is 14.8. The van der Waals surface area contributed by atoms with Gasteiger partial charge in [0.25, 0.3) is 5.91 Å². The summed E-state index contributed by atoms with van der Waals surface area (Å²) in [6.45, 7) is 1.95. The lowest BCUT2D eigenvalue weighted by atomic mass is 9.94. The van der Waals surface area contributed by atoms with Crippen molar-refractivity contribution in [1.82, 2.24) is 5.32 Å². The number of nitrogens with zero attached hydrogens (tertiary/aromatic N) is 1. The van der Waals surface area contributed by atoms with Gasteiger partial charge < -0.3 is 10.2 Å². The summed E-state index contributed by atoms with van der Waals surface area (Å²) in [6.07, 6.45) is 2.02. The highest BCUT2D eigenvalue weighted by molar-refractivity contribution is 9.10. The number of hydrogen-bond acceptors (Lipinski definition) is 2. The van der Waals surface area contributed by atoms with Crippen molar-refractivity contribution in [2.75, 3.05) is 11.4 Å². The number of benzene rings is 1. The summed E-state index contributed by atoms with van der Waals surface area (Å²) in [5.41, 5.74) is -0.695. The second kappa shape index (κ2) is 5.09. The Morgan fingerprint density at radius 2 is 2.10 bits per heavy atom. The van der Waals surface area contributed by atoms with Crippen molar-refractivity contribution < 1.29 is 14.0 Å². The van der Waals surface area contributed by atoms with Crippen LogP contribution in [0, 0.1) is 11.7 Å². The van der Waals surface area contributed by atoms with Gasteiger partial charge in [-0.15, -0.1) is 0 Å². The normalized spacial score (nSPS) is 26.5. The van der Waals surface area contributed by atoms with E-state index in [2.05, 4.69) is 21.2 Å². The first kappa shape index (κ1) is 14.5. The first-order valence-electron chi connectivity index (χ1n) is 7.00. The quantitative estimate of drug-likeness (QED) is 0.887.